The van der Waals surface area contributed by atoms with Crippen molar-refractivity contribution in [2.75, 3.05) is 17.7 Å². The molecule has 0 radical (unpaired) electrons. The van der Waals surface area contributed by atoms with Gasteiger partial charge in [-0.2, -0.15) is 13.2 Å². The van der Waals surface area contributed by atoms with Crippen LogP contribution in [0.3, 0.4) is 0 Å². The second kappa shape index (κ2) is 9.78. The van der Waals surface area contributed by atoms with E-state index in [1.807, 2.05) is 0 Å². The molecule has 11 heteroatoms. The smallest absolute Gasteiger partial charge is 0.416 e. The summed E-state index contributed by atoms with van der Waals surface area (Å²) in [6, 6.07) is 7.71. The van der Waals surface area contributed by atoms with Crippen LogP contribution in [0.1, 0.15) is 24.5 Å². The summed E-state index contributed by atoms with van der Waals surface area (Å²) in [6.07, 6.45) is -3.48. The number of halogens is 4. The molecule has 2 aromatic rings. The molecule has 0 bridgehead atoms. The minimum atomic E-state index is -4.51. The highest BCUT2D eigenvalue weighted by Gasteiger charge is 2.34. The number of nitrogens with one attached hydrogen (secondary N) is 1. The van der Waals surface area contributed by atoms with E-state index in [9.17, 15) is 26.4 Å². The molecule has 0 saturated carbocycles. The zero-order valence-electron chi connectivity index (χ0n) is 17.0. The van der Waals surface area contributed by atoms with Crippen LogP contribution in [0.2, 0.25) is 5.02 Å². The van der Waals surface area contributed by atoms with Crippen molar-refractivity contribution in [1.29, 1.82) is 0 Å². The Bertz CT molecular complexity index is 1040. The van der Waals surface area contributed by atoms with Gasteiger partial charge in [0, 0.05) is 11.6 Å². The van der Waals surface area contributed by atoms with Gasteiger partial charge in [0.15, 0.2) is 0 Å². The van der Waals surface area contributed by atoms with E-state index >= 15 is 0 Å². The molecule has 31 heavy (non-hydrogen) atoms. The topological polar surface area (TPSA) is 75.7 Å². The van der Waals surface area contributed by atoms with Gasteiger partial charge in [0.1, 0.15) is 11.8 Å². The number of alkyl halides is 3. The van der Waals surface area contributed by atoms with Gasteiger partial charge in [0.2, 0.25) is 15.9 Å². The number of hydrogen-bond donors (Lipinski definition) is 1. The third-order valence-corrected chi connectivity index (χ3v) is 5.83. The molecule has 0 unspecified atom stereocenters. The van der Waals surface area contributed by atoms with Gasteiger partial charge in [-0.15, -0.1) is 0 Å². The van der Waals surface area contributed by atoms with Gasteiger partial charge in [0.05, 0.1) is 24.6 Å². The predicted molar refractivity (Wildman–Crippen MR) is 113 cm³/mol. The third kappa shape index (κ3) is 6.27. The van der Waals surface area contributed by atoms with Gasteiger partial charge in [0.25, 0.3) is 0 Å². The minimum absolute atomic E-state index is 0.0820. The summed E-state index contributed by atoms with van der Waals surface area (Å²) in [5.41, 5.74) is -0.532. The number of carbonyl (C=O) groups excluding carboxylic acids is 1. The fraction of sp³-hybridized carbons (Fsp3) is 0.350. The number of sulfonamides is 1. The van der Waals surface area contributed by atoms with Crippen LogP contribution in [0, 0.1) is 0 Å². The molecule has 170 valence electrons. The van der Waals surface area contributed by atoms with E-state index < -0.39 is 33.7 Å². The lowest BCUT2D eigenvalue weighted by Crippen LogP contribution is -2.49. The van der Waals surface area contributed by atoms with Crippen LogP contribution in [0.15, 0.2) is 42.5 Å². The molecule has 2 aromatic carbocycles. The normalized spacial score (nSPS) is 12.9. The average molecular weight is 479 g/mol. The summed E-state index contributed by atoms with van der Waals surface area (Å²) in [6.45, 7) is 1.41. The summed E-state index contributed by atoms with van der Waals surface area (Å²) >= 11 is 6.02. The average Bonchev–Trinajstić information content (AvgIpc) is 2.68. The van der Waals surface area contributed by atoms with Crippen molar-refractivity contribution >= 4 is 33.2 Å². The number of carbonyl (C=O) groups is 1. The molecule has 6 nitrogen and oxygen atoms in total. The Morgan fingerprint density at radius 3 is 2.45 bits per heavy atom. The lowest BCUT2D eigenvalue weighted by Gasteiger charge is -2.31. The minimum Gasteiger partial charge on any atom is -0.495 e. The molecule has 1 N–H and O–H groups in total. The van der Waals surface area contributed by atoms with Crippen LogP contribution in [-0.2, 0) is 27.5 Å². The Kier molecular flexibility index (Phi) is 7.82. The van der Waals surface area contributed by atoms with E-state index in [0.717, 1.165) is 22.7 Å². The molecule has 0 spiro atoms. The lowest BCUT2D eigenvalue weighted by molar-refractivity contribution is -0.137. The third-order valence-electron chi connectivity index (χ3n) is 4.43. The van der Waals surface area contributed by atoms with E-state index in [1.54, 1.807) is 6.92 Å². The maximum absolute atomic E-state index is 12.9. The van der Waals surface area contributed by atoms with Crippen LogP contribution in [0.25, 0.3) is 0 Å². The van der Waals surface area contributed by atoms with Crippen LogP contribution >= 0.6 is 11.6 Å². The van der Waals surface area contributed by atoms with Crippen molar-refractivity contribution in [2.24, 2.45) is 0 Å². The molecule has 0 fully saturated rings. The summed E-state index contributed by atoms with van der Waals surface area (Å²) in [7, 11) is -2.60. The number of hydrogen-bond acceptors (Lipinski definition) is 4. The van der Waals surface area contributed by atoms with Crippen LogP contribution < -0.4 is 14.4 Å². The number of rotatable bonds is 8. The first kappa shape index (κ1) is 24.8. The second-order valence-corrected chi connectivity index (χ2v) is 9.01. The van der Waals surface area contributed by atoms with Crippen molar-refractivity contribution in [2.45, 2.75) is 32.1 Å². The maximum atomic E-state index is 12.9. The van der Waals surface area contributed by atoms with Crippen LogP contribution in [-0.4, -0.2) is 33.7 Å². The largest absolute Gasteiger partial charge is 0.495 e. The fourth-order valence-corrected chi connectivity index (χ4v) is 4.41. The van der Waals surface area contributed by atoms with E-state index in [0.29, 0.717) is 0 Å². The monoisotopic (exact) mass is 478 g/mol. The molecular weight excluding hydrogens is 457 g/mol. The first-order chi connectivity index (χ1) is 14.4. The van der Waals surface area contributed by atoms with Crippen molar-refractivity contribution in [3.63, 3.8) is 0 Å². The highest BCUT2D eigenvalue weighted by molar-refractivity contribution is 7.92. The van der Waals surface area contributed by atoms with Crippen molar-refractivity contribution in [1.82, 2.24) is 5.32 Å². The van der Waals surface area contributed by atoms with Gasteiger partial charge in [-0.25, -0.2) is 8.42 Å². The van der Waals surface area contributed by atoms with Gasteiger partial charge in [-0.3, -0.25) is 9.10 Å². The Hall–Kier alpha value is -2.46. The maximum Gasteiger partial charge on any atom is 0.416 e. The van der Waals surface area contributed by atoms with E-state index in [1.165, 1.54) is 37.4 Å². The quantitative estimate of drug-likeness (QED) is 0.616. The molecule has 0 aliphatic carbocycles. The summed E-state index contributed by atoms with van der Waals surface area (Å²) in [5.74, 6) is -0.480. The summed E-state index contributed by atoms with van der Waals surface area (Å²) < 4.78 is 69.9. The molecule has 0 aliphatic rings. The fourth-order valence-electron chi connectivity index (χ4n) is 3.04. The van der Waals surface area contributed by atoms with E-state index in [-0.39, 0.29) is 35.0 Å². The summed E-state index contributed by atoms with van der Waals surface area (Å²) in [5, 5.41) is 2.76. The Labute approximate surface area is 184 Å². The number of nitrogens with zero attached hydrogens (tertiary/aromatic N) is 1. The first-order valence-corrected chi connectivity index (χ1v) is 11.4. The molecule has 2 rings (SSSR count). The molecule has 0 aromatic heterocycles. The Morgan fingerprint density at radius 2 is 1.90 bits per heavy atom. The van der Waals surface area contributed by atoms with Crippen molar-refractivity contribution in [3.8, 4) is 5.75 Å². The Morgan fingerprint density at radius 1 is 1.23 bits per heavy atom. The zero-order valence-corrected chi connectivity index (χ0v) is 18.6. The lowest BCUT2D eigenvalue weighted by atomic mass is 10.1. The van der Waals surface area contributed by atoms with Crippen molar-refractivity contribution < 1.29 is 31.1 Å². The van der Waals surface area contributed by atoms with Gasteiger partial charge < -0.3 is 10.1 Å². The number of amides is 1. The molecule has 0 heterocycles. The first-order valence-electron chi connectivity index (χ1n) is 9.15. The molecule has 1 amide bonds. The second-order valence-electron chi connectivity index (χ2n) is 6.71. The molecular formula is C20H22ClF3N2O4S. The van der Waals surface area contributed by atoms with Gasteiger partial charge in [-0.1, -0.05) is 30.7 Å². The van der Waals surface area contributed by atoms with Crippen LogP contribution in [0.4, 0.5) is 18.9 Å². The SMILES string of the molecule is CC[C@@H](C(=O)NCc1cccc(C(F)(F)F)c1)N(c1cc(Cl)ccc1OC)S(C)(=O)=O. The standard InChI is InChI=1S/C20H22ClF3N2O4S/c1-4-16(19(27)25-12-13-6-5-7-14(10-13)20(22,23)24)26(31(3,28)29)17-11-15(21)8-9-18(17)30-2/h5-11,16H,4,12H2,1-3H3,(H,25,27)/t16-/m0/s1. The highest BCUT2D eigenvalue weighted by atomic mass is 35.5. The van der Waals surface area contributed by atoms with Crippen LogP contribution in [0.5, 0.6) is 5.75 Å². The summed E-state index contributed by atoms with van der Waals surface area (Å²) in [4.78, 5) is 12.9. The van der Waals surface area contributed by atoms with E-state index in [2.05, 4.69) is 5.32 Å². The van der Waals surface area contributed by atoms with Gasteiger partial charge in [-0.05, 0) is 42.3 Å². The van der Waals surface area contributed by atoms with E-state index in [4.69, 9.17) is 16.3 Å². The molecule has 0 saturated heterocycles. The van der Waals surface area contributed by atoms with Crippen molar-refractivity contribution in [3.05, 3.63) is 58.6 Å². The number of ether oxygens (including phenoxy) is 1. The highest BCUT2D eigenvalue weighted by Crippen LogP contribution is 2.35. The Balaban J connectivity index is 2.33. The molecule has 1 atom stereocenters. The number of benzene rings is 2. The predicted octanol–water partition coefficient (Wildman–Crippen LogP) is 4.23. The zero-order chi connectivity index (χ0) is 23.4. The van der Waals surface area contributed by atoms with Gasteiger partial charge >= 0.3 is 6.18 Å². The number of methoxy groups -OCH3 is 1. The molecule has 0 aliphatic heterocycles. The number of anilines is 1.